The topological polar surface area (TPSA) is 9.23 Å². The van der Waals surface area contributed by atoms with Crippen LogP contribution in [0.25, 0.3) is 11.1 Å². The summed E-state index contributed by atoms with van der Waals surface area (Å²) in [5.41, 5.74) is -0.917. The lowest BCUT2D eigenvalue weighted by Crippen LogP contribution is -2.22. The molecule has 0 aromatic heterocycles. The molecule has 0 saturated heterocycles. The van der Waals surface area contributed by atoms with Crippen molar-refractivity contribution in [2.45, 2.75) is 51.6 Å². The third kappa shape index (κ3) is 6.05. The van der Waals surface area contributed by atoms with Crippen LogP contribution >= 0.6 is 0 Å². The monoisotopic (exact) mass is 442 g/mol. The lowest BCUT2D eigenvalue weighted by molar-refractivity contribution is -0.132. The Morgan fingerprint density at radius 3 is 2.13 bits per heavy atom. The Bertz CT molecular complexity index is 909. The van der Waals surface area contributed by atoms with Gasteiger partial charge in [-0.25, -0.2) is 17.6 Å². The van der Waals surface area contributed by atoms with Crippen LogP contribution in [0.4, 0.5) is 26.3 Å². The molecule has 0 amide bonds. The van der Waals surface area contributed by atoms with Crippen LogP contribution in [0, 0.1) is 35.1 Å². The van der Waals surface area contributed by atoms with Crippen LogP contribution in [0.1, 0.15) is 45.4 Å². The molecule has 0 heterocycles. The maximum Gasteiger partial charge on any atom is 0.419 e. The van der Waals surface area contributed by atoms with Gasteiger partial charge in [-0.2, -0.15) is 8.78 Å². The van der Waals surface area contributed by atoms with E-state index >= 15 is 0 Å². The minimum Gasteiger partial charge on any atom is -0.429 e. The van der Waals surface area contributed by atoms with E-state index in [1.165, 1.54) is 6.08 Å². The zero-order valence-electron chi connectivity index (χ0n) is 17.1. The molecule has 0 bridgehead atoms. The third-order valence-electron chi connectivity index (χ3n) is 5.63. The minimum atomic E-state index is -3.75. The summed E-state index contributed by atoms with van der Waals surface area (Å²) >= 11 is 0. The van der Waals surface area contributed by atoms with Gasteiger partial charge in [-0.05, 0) is 55.2 Å². The molecule has 168 valence electrons. The third-order valence-corrected chi connectivity index (χ3v) is 5.63. The van der Waals surface area contributed by atoms with Crippen molar-refractivity contribution in [3.8, 4) is 16.9 Å². The summed E-state index contributed by atoms with van der Waals surface area (Å²) in [7, 11) is 0. The Morgan fingerprint density at radius 1 is 0.903 bits per heavy atom. The van der Waals surface area contributed by atoms with E-state index in [2.05, 4.69) is 11.7 Å². The molecule has 31 heavy (non-hydrogen) atoms. The van der Waals surface area contributed by atoms with E-state index in [4.69, 9.17) is 0 Å². The summed E-state index contributed by atoms with van der Waals surface area (Å²) in [6.45, 7) is 2.13. The van der Waals surface area contributed by atoms with Crippen LogP contribution < -0.4 is 4.74 Å². The number of hydrogen-bond donors (Lipinski definition) is 0. The summed E-state index contributed by atoms with van der Waals surface area (Å²) in [6.07, 6.45) is 4.18. The fraction of sp³-hybridized carbons (Fsp3) is 0.417. The Morgan fingerprint density at radius 2 is 1.55 bits per heavy atom. The Labute approximate surface area is 177 Å². The van der Waals surface area contributed by atoms with Crippen molar-refractivity contribution in [2.75, 3.05) is 0 Å². The van der Waals surface area contributed by atoms with Crippen LogP contribution in [0.2, 0.25) is 0 Å². The first-order valence-corrected chi connectivity index (χ1v) is 10.4. The standard InChI is InChI=1S/C24H24F6O/c1-2-3-15-4-6-16(7-5-15)10-11-24(29,30)31-18-13-21(27)23(22(28)14-18)17-8-9-19(25)20(26)12-17/h8-16H,2-7H2,1H3. The summed E-state index contributed by atoms with van der Waals surface area (Å²) in [5, 5.41) is 0. The van der Waals surface area contributed by atoms with Crippen LogP contribution in [0.15, 0.2) is 42.5 Å². The van der Waals surface area contributed by atoms with Gasteiger partial charge in [-0.1, -0.05) is 31.9 Å². The van der Waals surface area contributed by atoms with E-state index in [1.807, 2.05) is 0 Å². The van der Waals surface area contributed by atoms with Crippen LogP contribution in [-0.2, 0) is 0 Å². The molecule has 0 atom stereocenters. The molecule has 1 saturated carbocycles. The summed E-state index contributed by atoms with van der Waals surface area (Å²) in [6, 6.07) is 3.54. The molecule has 1 aliphatic rings. The van der Waals surface area contributed by atoms with Gasteiger partial charge in [0.2, 0.25) is 0 Å². The lowest BCUT2D eigenvalue weighted by Gasteiger charge is -2.26. The van der Waals surface area contributed by atoms with Gasteiger partial charge in [-0.3, -0.25) is 0 Å². The molecular weight excluding hydrogens is 418 g/mol. The van der Waals surface area contributed by atoms with Gasteiger partial charge in [0, 0.05) is 18.2 Å². The van der Waals surface area contributed by atoms with E-state index in [9.17, 15) is 26.3 Å². The maximum atomic E-state index is 14.4. The van der Waals surface area contributed by atoms with Gasteiger partial charge in [0.15, 0.2) is 11.6 Å². The summed E-state index contributed by atoms with van der Waals surface area (Å²) in [5.74, 6) is -4.95. The molecule has 0 unspecified atom stereocenters. The van der Waals surface area contributed by atoms with Gasteiger partial charge in [0.1, 0.15) is 17.4 Å². The van der Waals surface area contributed by atoms with Crippen LogP contribution in [0.3, 0.4) is 0 Å². The summed E-state index contributed by atoms with van der Waals surface area (Å²) in [4.78, 5) is 0. The first-order chi connectivity index (χ1) is 14.7. The highest BCUT2D eigenvalue weighted by Gasteiger charge is 2.30. The predicted octanol–water partition coefficient (Wildman–Crippen LogP) is 8.04. The molecule has 3 rings (SSSR count). The fourth-order valence-corrected chi connectivity index (χ4v) is 4.05. The minimum absolute atomic E-state index is 0.0202. The van der Waals surface area contributed by atoms with Crippen molar-refractivity contribution in [3.63, 3.8) is 0 Å². The zero-order chi connectivity index (χ0) is 22.6. The molecule has 1 fully saturated rings. The van der Waals surface area contributed by atoms with Crippen molar-refractivity contribution in [3.05, 3.63) is 65.8 Å². The lowest BCUT2D eigenvalue weighted by atomic mass is 9.80. The molecule has 0 spiro atoms. The number of allylic oxidation sites excluding steroid dienone is 1. The number of hydrogen-bond acceptors (Lipinski definition) is 1. The second-order valence-electron chi connectivity index (χ2n) is 7.98. The van der Waals surface area contributed by atoms with Crippen molar-refractivity contribution < 1.29 is 31.1 Å². The van der Waals surface area contributed by atoms with E-state index in [1.54, 1.807) is 0 Å². The molecule has 7 heteroatoms. The molecule has 1 aliphatic carbocycles. The first-order valence-electron chi connectivity index (χ1n) is 10.4. The fourth-order valence-electron chi connectivity index (χ4n) is 4.05. The summed E-state index contributed by atoms with van der Waals surface area (Å²) < 4.78 is 88.1. The second kappa shape index (κ2) is 9.79. The number of ether oxygens (including phenoxy) is 1. The van der Waals surface area contributed by atoms with Gasteiger partial charge in [0.05, 0.1) is 5.56 Å². The number of benzene rings is 2. The Balaban J connectivity index is 1.69. The van der Waals surface area contributed by atoms with E-state index < -0.39 is 40.7 Å². The maximum absolute atomic E-state index is 14.4. The number of rotatable bonds is 7. The van der Waals surface area contributed by atoms with Crippen molar-refractivity contribution in [1.82, 2.24) is 0 Å². The largest absolute Gasteiger partial charge is 0.429 e. The van der Waals surface area contributed by atoms with E-state index in [-0.39, 0.29) is 11.5 Å². The Kier molecular flexibility index (Phi) is 7.34. The van der Waals surface area contributed by atoms with E-state index in [0.717, 1.165) is 50.7 Å². The van der Waals surface area contributed by atoms with Crippen molar-refractivity contribution in [1.29, 1.82) is 0 Å². The highest BCUT2D eigenvalue weighted by atomic mass is 19.3. The molecule has 0 aliphatic heterocycles. The predicted molar refractivity (Wildman–Crippen MR) is 107 cm³/mol. The quantitative estimate of drug-likeness (QED) is 0.311. The number of alkyl halides is 2. The average Bonchev–Trinajstić information content (AvgIpc) is 2.69. The molecule has 2 aromatic carbocycles. The van der Waals surface area contributed by atoms with Crippen molar-refractivity contribution >= 4 is 0 Å². The SMILES string of the molecule is CCCC1CCC(C=CC(F)(F)Oc2cc(F)c(-c3ccc(F)c(F)c3)c(F)c2)CC1. The highest BCUT2D eigenvalue weighted by Crippen LogP contribution is 2.35. The van der Waals surface area contributed by atoms with Gasteiger partial charge in [-0.15, -0.1) is 0 Å². The molecular formula is C24H24F6O. The molecule has 0 N–H and O–H groups in total. The molecule has 2 aromatic rings. The highest BCUT2D eigenvalue weighted by molar-refractivity contribution is 5.66. The zero-order valence-corrected chi connectivity index (χ0v) is 17.1. The van der Waals surface area contributed by atoms with Gasteiger partial charge < -0.3 is 4.74 Å². The van der Waals surface area contributed by atoms with Crippen LogP contribution in [-0.4, -0.2) is 6.11 Å². The second-order valence-corrected chi connectivity index (χ2v) is 7.98. The molecule has 1 nitrogen and oxygen atoms in total. The van der Waals surface area contributed by atoms with Gasteiger partial charge in [0.25, 0.3) is 0 Å². The average molecular weight is 442 g/mol. The first kappa shape index (κ1) is 23.2. The normalized spacial score (nSPS) is 19.7. The van der Waals surface area contributed by atoms with Gasteiger partial charge >= 0.3 is 6.11 Å². The van der Waals surface area contributed by atoms with E-state index in [0.29, 0.717) is 30.2 Å². The number of halogens is 6. The molecule has 0 radical (unpaired) electrons. The van der Waals surface area contributed by atoms with Crippen molar-refractivity contribution in [2.24, 2.45) is 11.8 Å². The Hall–Kier alpha value is -2.44. The van der Waals surface area contributed by atoms with Crippen LogP contribution in [0.5, 0.6) is 5.75 Å². The smallest absolute Gasteiger partial charge is 0.419 e.